The molecule has 192 valence electrons. The number of hydrogen-bond acceptors (Lipinski definition) is 6. The van der Waals surface area contributed by atoms with E-state index >= 15 is 0 Å². The normalized spacial score (nSPS) is 15.9. The topological polar surface area (TPSA) is 119 Å². The van der Waals surface area contributed by atoms with Crippen molar-refractivity contribution in [3.05, 3.63) is 65.9 Å². The number of hydrogen-bond donors (Lipinski definition) is 2. The number of hydrazone groups is 1. The number of carboxylic acid groups (broad SMARTS) is 1. The molecule has 0 aromatic heterocycles. The summed E-state index contributed by atoms with van der Waals surface area (Å²) in [6, 6.07) is 13.5. The Kier molecular flexibility index (Phi) is 8.65. The van der Waals surface area contributed by atoms with Crippen molar-refractivity contribution in [2.75, 3.05) is 23.4 Å². The zero-order chi connectivity index (χ0) is 26.5. The average Bonchev–Trinajstić information content (AvgIpc) is 3.19. The molecule has 0 saturated carbocycles. The molecule has 0 radical (unpaired) electrons. The molecule has 1 aliphatic heterocycles. The Morgan fingerprint density at radius 2 is 1.72 bits per heavy atom. The quantitative estimate of drug-likeness (QED) is 0.438. The predicted octanol–water partition coefficient (Wildman–Crippen LogP) is 4.09. The van der Waals surface area contributed by atoms with Crippen LogP contribution in [0.15, 0.2) is 70.3 Å². The SMILES string of the molecule is CCc1ccccc1NC=C1C(=O)N(c2ccc(S(=O)(=O)N(CC)CC)cc2)N=C1C(CC)C(=O)O. The van der Waals surface area contributed by atoms with Gasteiger partial charge in [0.2, 0.25) is 10.0 Å². The zero-order valence-electron chi connectivity index (χ0n) is 20.9. The van der Waals surface area contributed by atoms with Gasteiger partial charge in [-0.15, -0.1) is 0 Å². The van der Waals surface area contributed by atoms with Gasteiger partial charge in [0.1, 0.15) is 5.92 Å². The van der Waals surface area contributed by atoms with E-state index in [0.29, 0.717) is 18.8 Å². The highest BCUT2D eigenvalue weighted by Gasteiger charge is 2.38. The van der Waals surface area contributed by atoms with Crippen LogP contribution in [0, 0.1) is 5.92 Å². The van der Waals surface area contributed by atoms with Crippen molar-refractivity contribution in [3.8, 4) is 0 Å². The van der Waals surface area contributed by atoms with Gasteiger partial charge in [0, 0.05) is 25.0 Å². The second-order valence-corrected chi connectivity index (χ2v) is 10.1. The second-order valence-electron chi connectivity index (χ2n) is 8.20. The summed E-state index contributed by atoms with van der Waals surface area (Å²) in [5.74, 6) is -2.55. The van der Waals surface area contributed by atoms with Crippen LogP contribution in [-0.4, -0.2) is 48.5 Å². The van der Waals surface area contributed by atoms with E-state index < -0.39 is 27.8 Å². The van der Waals surface area contributed by atoms with E-state index in [-0.39, 0.29) is 22.6 Å². The number of nitrogens with zero attached hydrogens (tertiary/aromatic N) is 3. The molecular weight excluding hydrogens is 480 g/mol. The third-order valence-corrected chi connectivity index (χ3v) is 8.20. The van der Waals surface area contributed by atoms with Crippen LogP contribution in [-0.2, 0) is 26.0 Å². The number of anilines is 2. The largest absolute Gasteiger partial charge is 0.481 e. The number of sulfonamides is 1. The number of rotatable bonds is 11. The van der Waals surface area contributed by atoms with Crippen LogP contribution in [0.4, 0.5) is 11.4 Å². The van der Waals surface area contributed by atoms with Gasteiger partial charge in [-0.3, -0.25) is 9.59 Å². The zero-order valence-corrected chi connectivity index (χ0v) is 21.7. The van der Waals surface area contributed by atoms with E-state index in [2.05, 4.69) is 10.4 Å². The number of aryl methyl sites for hydroxylation is 1. The number of nitrogens with one attached hydrogen (secondary N) is 1. The predicted molar refractivity (Wildman–Crippen MR) is 140 cm³/mol. The molecule has 0 bridgehead atoms. The molecule has 0 fully saturated rings. The molecule has 0 aliphatic carbocycles. The Bertz CT molecular complexity index is 1280. The molecule has 0 spiro atoms. The summed E-state index contributed by atoms with van der Waals surface area (Å²) < 4.78 is 27.0. The maximum Gasteiger partial charge on any atom is 0.312 e. The van der Waals surface area contributed by atoms with Crippen molar-refractivity contribution < 1.29 is 23.1 Å². The lowest BCUT2D eigenvalue weighted by Crippen LogP contribution is -2.30. The fourth-order valence-electron chi connectivity index (χ4n) is 4.07. The highest BCUT2D eigenvalue weighted by Crippen LogP contribution is 2.29. The van der Waals surface area contributed by atoms with Gasteiger partial charge in [0.05, 0.1) is 21.9 Å². The highest BCUT2D eigenvalue weighted by atomic mass is 32.2. The molecule has 10 heteroatoms. The third kappa shape index (κ3) is 5.34. The summed E-state index contributed by atoms with van der Waals surface area (Å²) in [7, 11) is -3.66. The molecule has 3 rings (SSSR count). The molecule has 0 saturated heterocycles. The summed E-state index contributed by atoms with van der Waals surface area (Å²) in [5.41, 5.74) is 2.50. The van der Waals surface area contributed by atoms with Crippen LogP contribution in [0.3, 0.4) is 0 Å². The van der Waals surface area contributed by atoms with Crippen molar-refractivity contribution in [3.63, 3.8) is 0 Å². The van der Waals surface area contributed by atoms with Crippen molar-refractivity contribution in [1.29, 1.82) is 0 Å². The van der Waals surface area contributed by atoms with E-state index in [1.807, 2.05) is 31.2 Å². The minimum absolute atomic E-state index is 0.108. The molecule has 36 heavy (non-hydrogen) atoms. The van der Waals surface area contributed by atoms with Gasteiger partial charge < -0.3 is 10.4 Å². The van der Waals surface area contributed by atoms with E-state index in [1.165, 1.54) is 34.8 Å². The summed E-state index contributed by atoms with van der Waals surface area (Å²) in [6.45, 7) is 7.96. The number of benzene rings is 2. The molecular formula is C26H32N4O5S. The minimum atomic E-state index is -3.66. The first-order chi connectivity index (χ1) is 17.2. The molecule has 1 heterocycles. The second kappa shape index (κ2) is 11.5. The smallest absolute Gasteiger partial charge is 0.312 e. The minimum Gasteiger partial charge on any atom is -0.481 e. The fraction of sp³-hybridized carbons (Fsp3) is 0.346. The van der Waals surface area contributed by atoms with E-state index in [4.69, 9.17) is 0 Å². The van der Waals surface area contributed by atoms with Crippen molar-refractivity contribution in [1.82, 2.24) is 4.31 Å². The number of amides is 1. The standard InChI is InChI=1S/C26H32N4O5S/c1-5-18-11-9-10-12-23(18)27-17-22-24(21(6-2)26(32)33)28-30(25(22)31)19-13-15-20(16-14-19)36(34,35)29(7-3)8-4/h9-17,21,27H,5-8H2,1-4H3,(H,32,33). The van der Waals surface area contributed by atoms with Gasteiger partial charge in [-0.2, -0.15) is 14.4 Å². The number of carbonyl (C=O) groups excluding carboxylic acids is 1. The summed E-state index contributed by atoms with van der Waals surface area (Å²) in [6.07, 6.45) is 2.53. The Hall–Kier alpha value is -3.50. The van der Waals surface area contributed by atoms with Crippen LogP contribution in [0.2, 0.25) is 0 Å². The molecule has 2 aromatic carbocycles. The lowest BCUT2D eigenvalue weighted by Gasteiger charge is -2.19. The summed E-state index contributed by atoms with van der Waals surface area (Å²) in [5, 5.41) is 18.4. The maximum absolute atomic E-state index is 13.4. The van der Waals surface area contributed by atoms with Crippen LogP contribution in [0.5, 0.6) is 0 Å². The van der Waals surface area contributed by atoms with Gasteiger partial charge in [-0.1, -0.05) is 45.9 Å². The maximum atomic E-state index is 13.4. The van der Waals surface area contributed by atoms with Gasteiger partial charge in [-0.25, -0.2) is 8.42 Å². The van der Waals surface area contributed by atoms with Gasteiger partial charge in [0.25, 0.3) is 5.91 Å². The first-order valence-electron chi connectivity index (χ1n) is 12.0. The fourth-order valence-corrected chi connectivity index (χ4v) is 5.53. The Labute approximate surface area is 212 Å². The van der Waals surface area contributed by atoms with Gasteiger partial charge in [-0.05, 0) is 48.7 Å². The van der Waals surface area contributed by atoms with Gasteiger partial charge >= 0.3 is 5.97 Å². The molecule has 1 atom stereocenters. The number of para-hydroxylation sites is 1. The first-order valence-corrected chi connectivity index (χ1v) is 13.4. The number of carboxylic acids is 1. The Balaban J connectivity index is 1.99. The Morgan fingerprint density at radius 1 is 1.08 bits per heavy atom. The monoisotopic (exact) mass is 512 g/mol. The molecule has 9 nitrogen and oxygen atoms in total. The molecule has 1 aliphatic rings. The van der Waals surface area contributed by atoms with Gasteiger partial charge in [0.15, 0.2) is 0 Å². The van der Waals surface area contributed by atoms with Crippen LogP contribution < -0.4 is 10.3 Å². The Morgan fingerprint density at radius 3 is 2.28 bits per heavy atom. The summed E-state index contributed by atoms with van der Waals surface area (Å²) >= 11 is 0. The van der Waals surface area contributed by atoms with Crippen LogP contribution >= 0.6 is 0 Å². The molecule has 2 aromatic rings. The first kappa shape index (κ1) is 27.1. The van der Waals surface area contributed by atoms with Crippen molar-refractivity contribution in [2.45, 2.75) is 45.4 Å². The third-order valence-electron chi connectivity index (χ3n) is 6.14. The molecule has 2 N–H and O–H groups in total. The highest BCUT2D eigenvalue weighted by molar-refractivity contribution is 7.89. The van der Waals surface area contributed by atoms with E-state index in [1.54, 1.807) is 20.8 Å². The summed E-state index contributed by atoms with van der Waals surface area (Å²) in [4.78, 5) is 25.4. The lowest BCUT2D eigenvalue weighted by molar-refractivity contribution is -0.139. The lowest BCUT2D eigenvalue weighted by atomic mass is 9.95. The molecule has 1 amide bonds. The molecule has 1 unspecified atom stereocenters. The van der Waals surface area contributed by atoms with Crippen molar-refractivity contribution in [2.24, 2.45) is 11.0 Å². The van der Waals surface area contributed by atoms with Crippen molar-refractivity contribution >= 4 is 39.0 Å². The average molecular weight is 513 g/mol. The van der Waals surface area contributed by atoms with Crippen LogP contribution in [0.25, 0.3) is 0 Å². The van der Waals surface area contributed by atoms with E-state index in [9.17, 15) is 23.1 Å². The van der Waals surface area contributed by atoms with E-state index in [0.717, 1.165) is 22.7 Å². The number of aliphatic carboxylic acids is 1. The number of carbonyl (C=O) groups is 2. The van der Waals surface area contributed by atoms with Crippen LogP contribution in [0.1, 0.15) is 39.7 Å².